The van der Waals surface area contributed by atoms with Crippen molar-refractivity contribution in [2.75, 3.05) is 0 Å². The maximum atomic E-state index is 12.3. The summed E-state index contributed by atoms with van der Waals surface area (Å²) in [5, 5.41) is 12.9. The maximum Gasteiger partial charge on any atom is 0.326 e. The highest BCUT2D eigenvalue weighted by atomic mass is 16.4. The van der Waals surface area contributed by atoms with E-state index in [9.17, 15) is 14.7 Å². The predicted octanol–water partition coefficient (Wildman–Crippen LogP) is 2.82. The van der Waals surface area contributed by atoms with Crippen molar-refractivity contribution in [2.24, 2.45) is 5.92 Å². The van der Waals surface area contributed by atoms with Crippen molar-refractivity contribution in [2.45, 2.75) is 46.2 Å². The number of carboxylic acids is 1. The summed E-state index contributed by atoms with van der Waals surface area (Å²) in [6.45, 7) is 6.76. The molecule has 0 fully saturated rings. The lowest BCUT2D eigenvalue weighted by atomic mass is 10.0. The van der Waals surface area contributed by atoms with Crippen LogP contribution in [0, 0.1) is 5.92 Å². The Morgan fingerprint density at radius 2 is 1.96 bits per heavy atom. The van der Waals surface area contributed by atoms with Gasteiger partial charge >= 0.3 is 5.97 Å². The van der Waals surface area contributed by atoms with Gasteiger partial charge in [0.15, 0.2) is 0 Å². The third kappa shape index (κ3) is 4.12. The predicted molar refractivity (Wildman–Crippen MR) is 90.3 cm³/mol. The van der Waals surface area contributed by atoms with Gasteiger partial charge in [-0.15, -0.1) is 0 Å². The molecule has 23 heavy (non-hydrogen) atoms. The number of para-hydroxylation sites is 1. The molecule has 0 unspecified atom stereocenters. The average molecular weight is 316 g/mol. The molecule has 0 aliphatic rings. The van der Waals surface area contributed by atoms with E-state index in [2.05, 4.69) is 16.8 Å². The van der Waals surface area contributed by atoms with Gasteiger partial charge in [-0.05, 0) is 30.9 Å². The van der Waals surface area contributed by atoms with E-state index in [1.54, 1.807) is 0 Å². The number of hydrogen-bond donors (Lipinski definition) is 2. The zero-order chi connectivity index (χ0) is 17.0. The lowest BCUT2D eigenvalue weighted by Crippen LogP contribution is -2.42. The first-order valence-electron chi connectivity index (χ1n) is 8.01. The molecule has 1 heterocycles. The van der Waals surface area contributed by atoms with Crippen LogP contribution in [0.5, 0.6) is 0 Å². The van der Waals surface area contributed by atoms with Crippen molar-refractivity contribution in [3.8, 4) is 0 Å². The molecule has 5 nitrogen and oxygen atoms in total. The van der Waals surface area contributed by atoms with Crippen LogP contribution in [0.25, 0.3) is 10.9 Å². The molecule has 124 valence electrons. The highest BCUT2D eigenvalue weighted by molar-refractivity contribution is 5.91. The van der Waals surface area contributed by atoms with Gasteiger partial charge < -0.3 is 15.0 Å². The van der Waals surface area contributed by atoms with E-state index in [0.29, 0.717) is 6.42 Å². The molecule has 2 rings (SSSR count). The topological polar surface area (TPSA) is 71.3 Å². The smallest absolute Gasteiger partial charge is 0.326 e. The number of amides is 1. The highest BCUT2D eigenvalue weighted by Gasteiger charge is 2.21. The molecule has 2 N–H and O–H groups in total. The van der Waals surface area contributed by atoms with Crippen LogP contribution in [0.2, 0.25) is 0 Å². The second-order valence-electron chi connectivity index (χ2n) is 6.22. The van der Waals surface area contributed by atoms with Crippen LogP contribution in [-0.4, -0.2) is 27.6 Å². The summed E-state index contributed by atoms with van der Waals surface area (Å²) in [4.78, 5) is 23.5. The first-order chi connectivity index (χ1) is 10.9. The van der Waals surface area contributed by atoms with Gasteiger partial charge in [0.1, 0.15) is 6.04 Å². The molecule has 0 radical (unpaired) electrons. The normalized spacial score (nSPS) is 12.5. The number of nitrogens with zero attached hydrogens (tertiary/aromatic N) is 1. The van der Waals surface area contributed by atoms with E-state index in [0.717, 1.165) is 23.0 Å². The van der Waals surface area contributed by atoms with Crippen LogP contribution in [-0.2, 0) is 22.6 Å². The molecule has 1 aromatic carbocycles. The molecule has 0 saturated heterocycles. The Labute approximate surface area is 136 Å². The number of carboxylic acid groups (broad SMARTS) is 1. The van der Waals surface area contributed by atoms with Crippen LogP contribution in [0.1, 0.15) is 32.8 Å². The number of nitrogens with one attached hydrogen (secondary N) is 1. The molecule has 5 heteroatoms. The minimum atomic E-state index is -0.983. The second kappa shape index (κ2) is 7.31. The van der Waals surface area contributed by atoms with Crippen molar-refractivity contribution in [1.82, 2.24) is 9.88 Å². The lowest BCUT2D eigenvalue weighted by molar-refractivity contribution is -0.142. The fraction of sp³-hybridized carbons (Fsp3) is 0.444. The number of fused-ring (bicyclic) bond motifs is 1. The largest absolute Gasteiger partial charge is 0.480 e. The van der Waals surface area contributed by atoms with Gasteiger partial charge in [-0.1, -0.05) is 32.0 Å². The zero-order valence-electron chi connectivity index (χ0n) is 13.9. The quantitative estimate of drug-likeness (QED) is 0.825. The Kier molecular flexibility index (Phi) is 5.42. The van der Waals surface area contributed by atoms with E-state index in [1.165, 1.54) is 0 Å². The number of aryl methyl sites for hydroxylation is 1. The van der Waals surface area contributed by atoms with E-state index in [4.69, 9.17) is 0 Å². The SMILES string of the molecule is CCn1cc(CC(=O)N[C@H](CC(C)C)C(=O)O)c2ccccc21. The van der Waals surface area contributed by atoms with Gasteiger partial charge in [0.2, 0.25) is 5.91 Å². The minimum absolute atomic E-state index is 0.190. The van der Waals surface area contributed by atoms with Gasteiger partial charge in [0.05, 0.1) is 6.42 Å². The Balaban J connectivity index is 2.15. The van der Waals surface area contributed by atoms with Crippen LogP contribution in [0.3, 0.4) is 0 Å². The van der Waals surface area contributed by atoms with E-state index in [1.807, 2.05) is 44.3 Å². The average Bonchev–Trinajstić information content (AvgIpc) is 2.84. The number of aliphatic carboxylic acids is 1. The van der Waals surface area contributed by atoms with E-state index >= 15 is 0 Å². The summed E-state index contributed by atoms with van der Waals surface area (Å²) < 4.78 is 2.10. The number of carbonyl (C=O) groups excluding carboxylic acids is 1. The standard InChI is InChI=1S/C18H24N2O3/c1-4-20-11-13(14-7-5-6-8-16(14)20)10-17(21)19-15(18(22)23)9-12(2)3/h5-8,11-12,15H,4,9-10H2,1-3H3,(H,19,21)(H,22,23)/t15-/m1/s1. The first kappa shape index (κ1) is 17.1. The molecule has 1 aromatic heterocycles. The highest BCUT2D eigenvalue weighted by Crippen LogP contribution is 2.21. The molecule has 2 aromatic rings. The fourth-order valence-corrected chi connectivity index (χ4v) is 2.84. The number of rotatable bonds is 7. The first-order valence-corrected chi connectivity index (χ1v) is 8.01. The minimum Gasteiger partial charge on any atom is -0.480 e. The number of aromatic nitrogens is 1. The number of benzene rings is 1. The van der Waals surface area contributed by atoms with E-state index in [-0.39, 0.29) is 18.2 Å². The molecular formula is C18H24N2O3. The molecule has 0 saturated carbocycles. The molecule has 1 atom stereocenters. The molecular weight excluding hydrogens is 292 g/mol. The van der Waals surface area contributed by atoms with E-state index < -0.39 is 12.0 Å². The second-order valence-corrected chi connectivity index (χ2v) is 6.22. The van der Waals surface area contributed by atoms with Crippen molar-refractivity contribution >= 4 is 22.8 Å². The number of carbonyl (C=O) groups is 2. The Hall–Kier alpha value is -2.30. The third-order valence-electron chi connectivity index (χ3n) is 3.90. The fourth-order valence-electron chi connectivity index (χ4n) is 2.84. The molecule has 0 bridgehead atoms. The van der Waals surface area contributed by atoms with Gasteiger partial charge in [-0.2, -0.15) is 0 Å². The van der Waals surface area contributed by atoms with Crippen molar-refractivity contribution in [3.63, 3.8) is 0 Å². The molecule has 0 aliphatic carbocycles. The van der Waals surface area contributed by atoms with Crippen LogP contribution in [0.4, 0.5) is 0 Å². The Morgan fingerprint density at radius 3 is 2.57 bits per heavy atom. The monoisotopic (exact) mass is 316 g/mol. The van der Waals surface area contributed by atoms with Crippen molar-refractivity contribution in [1.29, 1.82) is 0 Å². The molecule has 0 aliphatic heterocycles. The van der Waals surface area contributed by atoms with Crippen LogP contribution >= 0.6 is 0 Å². The molecule has 1 amide bonds. The van der Waals surface area contributed by atoms with Gasteiger partial charge in [0.25, 0.3) is 0 Å². The molecule has 0 spiro atoms. The van der Waals surface area contributed by atoms with Crippen LogP contribution < -0.4 is 5.32 Å². The van der Waals surface area contributed by atoms with Crippen molar-refractivity contribution < 1.29 is 14.7 Å². The zero-order valence-corrected chi connectivity index (χ0v) is 13.9. The Bertz CT molecular complexity index is 703. The van der Waals surface area contributed by atoms with Crippen molar-refractivity contribution in [3.05, 3.63) is 36.0 Å². The van der Waals surface area contributed by atoms with Gasteiger partial charge in [-0.25, -0.2) is 4.79 Å². The summed E-state index contributed by atoms with van der Waals surface area (Å²) in [5.41, 5.74) is 2.02. The lowest BCUT2D eigenvalue weighted by Gasteiger charge is -2.16. The summed E-state index contributed by atoms with van der Waals surface area (Å²) >= 11 is 0. The summed E-state index contributed by atoms with van der Waals surface area (Å²) in [7, 11) is 0. The summed E-state index contributed by atoms with van der Waals surface area (Å²) in [5.74, 6) is -1.03. The number of hydrogen-bond acceptors (Lipinski definition) is 2. The van der Waals surface area contributed by atoms with Gasteiger partial charge in [-0.3, -0.25) is 4.79 Å². The summed E-state index contributed by atoms with van der Waals surface area (Å²) in [6.07, 6.45) is 2.59. The summed E-state index contributed by atoms with van der Waals surface area (Å²) in [6, 6.07) is 7.11. The van der Waals surface area contributed by atoms with Gasteiger partial charge in [0, 0.05) is 23.6 Å². The maximum absolute atomic E-state index is 12.3. The van der Waals surface area contributed by atoms with Crippen LogP contribution in [0.15, 0.2) is 30.5 Å². The Morgan fingerprint density at radius 1 is 1.26 bits per heavy atom. The third-order valence-corrected chi connectivity index (χ3v) is 3.90.